The summed E-state index contributed by atoms with van der Waals surface area (Å²) in [6, 6.07) is 15.1. The molecule has 1 amide bonds. The van der Waals surface area contributed by atoms with Crippen molar-refractivity contribution in [2.24, 2.45) is 0 Å². The molecule has 0 radical (unpaired) electrons. The molecule has 100 valence electrons. The highest BCUT2D eigenvalue weighted by Crippen LogP contribution is 2.27. The van der Waals surface area contributed by atoms with Crippen LogP contribution in [0.2, 0.25) is 0 Å². The van der Waals surface area contributed by atoms with Gasteiger partial charge >= 0.3 is 0 Å². The van der Waals surface area contributed by atoms with Gasteiger partial charge in [-0.2, -0.15) is 5.26 Å². The molecule has 0 unspecified atom stereocenters. The Bertz CT molecular complexity index is 672. The third-order valence-corrected chi connectivity index (χ3v) is 3.67. The Morgan fingerprint density at radius 2 is 1.95 bits per heavy atom. The lowest BCUT2D eigenvalue weighted by atomic mass is 9.97. The minimum absolute atomic E-state index is 0.0985. The van der Waals surface area contributed by atoms with Gasteiger partial charge in [0.2, 0.25) is 0 Å². The van der Waals surface area contributed by atoms with Crippen LogP contribution in [0, 0.1) is 11.3 Å². The van der Waals surface area contributed by atoms with Crippen LogP contribution in [-0.2, 0) is 5.33 Å². The molecule has 2 aromatic carbocycles. The number of alkyl halides is 1. The van der Waals surface area contributed by atoms with Crippen LogP contribution in [0.4, 0.5) is 0 Å². The van der Waals surface area contributed by atoms with Gasteiger partial charge in [0.15, 0.2) is 0 Å². The van der Waals surface area contributed by atoms with Crippen molar-refractivity contribution in [2.45, 2.75) is 5.33 Å². The van der Waals surface area contributed by atoms with Gasteiger partial charge in [0.05, 0.1) is 11.6 Å². The van der Waals surface area contributed by atoms with Crippen molar-refractivity contribution in [3.05, 3.63) is 59.2 Å². The van der Waals surface area contributed by atoms with E-state index in [0.717, 1.165) is 16.7 Å². The highest BCUT2D eigenvalue weighted by Gasteiger charge is 2.09. The average Bonchev–Trinajstić information content (AvgIpc) is 2.53. The zero-order valence-electron chi connectivity index (χ0n) is 11.0. The third kappa shape index (κ3) is 2.89. The first-order chi connectivity index (χ1) is 9.69. The zero-order valence-corrected chi connectivity index (χ0v) is 12.6. The molecule has 0 bridgehead atoms. The number of hydrogen-bond acceptors (Lipinski definition) is 2. The summed E-state index contributed by atoms with van der Waals surface area (Å²) in [6.45, 7) is 0. The molecule has 4 heteroatoms. The van der Waals surface area contributed by atoms with Gasteiger partial charge in [-0.05, 0) is 41.0 Å². The largest absolute Gasteiger partial charge is 0.355 e. The van der Waals surface area contributed by atoms with Crippen LogP contribution in [0.15, 0.2) is 42.5 Å². The minimum atomic E-state index is -0.0985. The smallest absolute Gasteiger partial charge is 0.251 e. The highest BCUT2D eigenvalue weighted by molar-refractivity contribution is 9.08. The van der Waals surface area contributed by atoms with E-state index in [9.17, 15) is 4.79 Å². The van der Waals surface area contributed by atoms with Crippen LogP contribution < -0.4 is 5.32 Å². The molecule has 0 atom stereocenters. The SMILES string of the molecule is CNC(=O)c1ccc(-c2ccc(C#N)cc2)c(CBr)c1. The van der Waals surface area contributed by atoms with E-state index in [2.05, 4.69) is 27.3 Å². The number of nitrogens with zero attached hydrogens (tertiary/aromatic N) is 1. The Morgan fingerprint density at radius 1 is 1.25 bits per heavy atom. The van der Waals surface area contributed by atoms with Gasteiger partial charge in [-0.3, -0.25) is 4.79 Å². The first-order valence-corrected chi connectivity index (χ1v) is 7.23. The first kappa shape index (κ1) is 14.3. The summed E-state index contributed by atoms with van der Waals surface area (Å²) in [5.41, 5.74) is 4.40. The summed E-state index contributed by atoms with van der Waals surface area (Å²) in [5, 5.41) is 12.1. The molecule has 0 aromatic heterocycles. The quantitative estimate of drug-likeness (QED) is 0.877. The topological polar surface area (TPSA) is 52.9 Å². The van der Waals surface area contributed by atoms with Crippen LogP contribution >= 0.6 is 15.9 Å². The number of carbonyl (C=O) groups excluding carboxylic acids is 1. The zero-order chi connectivity index (χ0) is 14.5. The Hall–Kier alpha value is -2.12. The van der Waals surface area contributed by atoms with Crippen molar-refractivity contribution in [1.82, 2.24) is 5.32 Å². The minimum Gasteiger partial charge on any atom is -0.355 e. The Balaban J connectivity index is 2.45. The molecular weight excluding hydrogens is 316 g/mol. The summed E-state index contributed by atoms with van der Waals surface area (Å²) in [5.74, 6) is -0.0985. The fourth-order valence-corrected chi connectivity index (χ4v) is 2.46. The van der Waals surface area contributed by atoms with E-state index < -0.39 is 0 Å². The van der Waals surface area contributed by atoms with E-state index in [1.54, 1.807) is 25.2 Å². The second kappa shape index (κ2) is 6.36. The molecule has 0 aliphatic heterocycles. The fourth-order valence-electron chi connectivity index (χ4n) is 2.00. The van der Waals surface area contributed by atoms with Gasteiger partial charge in [0, 0.05) is 17.9 Å². The van der Waals surface area contributed by atoms with E-state index in [-0.39, 0.29) is 5.91 Å². The summed E-state index contributed by atoms with van der Waals surface area (Å²) >= 11 is 3.45. The van der Waals surface area contributed by atoms with Crippen molar-refractivity contribution >= 4 is 21.8 Å². The van der Waals surface area contributed by atoms with Gasteiger partial charge in [-0.1, -0.05) is 34.1 Å². The summed E-state index contributed by atoms with van der Waals surface area (Å²) < 4.78 is 0. The van der Waals surface area contributed by atoms with Crippen molar-refractivity contribution in [3.8, 4) is 17.2 Å². The molecule has 0 spiro atoms. The molecule has 2 aromatic rings. The van der Waals surface area contributed by atoms with E-state index in [4.69, 9.17) is 5.26 Å². The monoisotopic (exact) mass is 328 g/mol. The average molecular weight is 329 g/mol. The number of hydrogen-bond donors (Lipinski definition) is 1. The molecule has 0 aliphatic rings. The third-order valence-electron chi connectivity index (χ3n) is 3.06. The lowest BCUT2D eigenvalue weighted by Crippen LogP contribution is -2.17. The summed E-state index contributed by atoms with van der Waals surface area (Å²) in [7, 11) is 1.62. The van der Waals surface area contributed by atoms with Gasteiger partial charge in [-0.15, -0.1) is 0 Å². The lowest BCUT2D eigenvalue weighted by Gasteiger charge is -2.10. The number of nitriles is 1. The predicted molar refractivity (Wildman–Crippen MR) is 82.6 cm³/mol. The van der Waals surface area contributed by atoms with Crippen molar-refractivity contribution < 1.29 is 4.79 Å². The van der Waals surface area contributed by atoms with Crippen molar-refractivity contribution in [1.29, 1.82) is 5.26 Å². The van der Waals surface area contributed by atoms with Gasteiger partial charge in [0.25, 0.3) is 5.91 Å². The molecule has 1 N–H and O–H groups in total. The van der Waals surface area contributed by atoms with Crippen LogP contribution in [0.3, 0.4) is 0 Å². The molecule has 3 nitrogen and oxygen atoms in total. The van der Waals surface area contributed by atoms with Gasteiger partial charge < -0.3 is 5.32 Å². The molecule has 0 aliphatic carbocycles. The molecule has 0 saturated carbocycles. The molecule has 20 heavy (non-hydrogen) atoms. The predicted octanol–water partition coefficient (Wildman–Crippen LogP) is 3.48. The van der Waals surface area contributed by atoms with E-state index in [1.165, 1.54) is 0 Å². The second-order valence-electron chi connectivity index (χ2n) is 4.27. The Labute approximate surface area is 126 Å². The van der Waals surface area contributed by atoms with E-state index in [0.29, 0.717) is 16.5 Å². The lowest BCUT2D eigenvalue weighted by molar-refractivity contribution is 0.0963. The maximum absolute atomic E-state index is 11.7. The molecule has 0 saturated heterocycles. The first-order valence-electron chi connectivity index (χ1n) is 6.11. The maximum atomic E-state index is 11.7. The molecule has 0 fully saturated rings. The van der Waals surface area contributed by atoms with E-state index in [1.807, 2.05) is 24.3 Å². The second-order valence-corrected chi connectivity index (χ2v) is 4.83. The fraction of sp³-hybridized carbons (Fsp3) is 0.125. The number of rotatable bonds is 3. The molecule has 2 rings (SSSR count). The van der Waals surface area contributed by atoms with Crippen LogP contribution in [0.25, 0.3) is 11.1 Å². The van der Waals surface area contributed by atoms with E-state index >= 15 is 0 Å². The number of amides is 1. The van der Waals surface area contributed by atoms with Crippen LogP contribution in [-0.4, -0.2) is 13.0 Å². The summed E-state index contributed by atoms with van der Waals surface area (Å²) in [4.78, 5) is 11.7. The summed E-state index contributed by atoms with van der Waals surface area (Å²) in [6.07, 6.45) is 0. The highest BCUT2D eigenvalue weighted by atomic mass is 79.9. The molecule has 0 heterocycles. The normalized spacial score (nSPS) is 9.85. The number of halogens is 1. The Morgan fingerprint density at radius 3 is 2.50 bits per heavy atom. The van der Waals surface area contributed by atoms with Crippen molar-refractivity contribution in [3.63, 3.8) is 0 Å². The van der Waals surface area contributed by atoms with Crippen molar-refractivity contribution in [2.75, 3.05) is 7.05 Å². The van der Waals surface area contributed by atoms with Crippen LogP contribution in [0.1, 0.15) is 21.5 Å². The van der Waals surface area contributed by atoms with Crippen LogP contribution in [0.5, 0.6) is 0 Å². The standard InChI is InChI=1S/C16H13BrN2O/c1-19-16(20)13-6-7-15(14(8-13)9-17)12-4-2-11(10-18)3-5-12/h2-8H,9H2,1H3,(H,19,20). The number of carbonyl (C=O) groups is 1. The maximum Gasteiger partial charge on any atom is 0.251 e. The van der Waals surface area contributed by atoms with Gasteiger partial charge in [0.1, 0.15) is 0 Å². The number of benzene rings is 2. The number of nitrogens with one attached hydrogen (secondary N) is 1. The molecular formula is C16H13BrN2O. The Kier molecular flexibility index (Phi) is 4.54. The van der Waals surface area contributed by atoms with Gasteiger partial charge in [-0.25, -0.2) is 0 Å².